The van der Waals surface area contributed by atoms with Crippen molar-refractivity contribution in [2.45, 2.75) is 25.8 Å². The molecule has 0 saturated carbocycles. The van der Waals surface area contributed by atoms with E-state index in [2.05, 4.69) is 10.2 Å². The van der Waals surface area contributed by atoms with Gasteiger partial charge in [-0.2, -0.15) is 0 Å². The van der Waals surface area contributed by atoms with Gasteiger partial charge in [0, 0.05) is 45.2 Å². The molecule has 2 atom stereocenters. The lowest BCUT2D eigenvalue weighted by atomic mass is 10.1. The second kappa shape index (κ2) is 7.61. The first kappa shape index (κ1) is 16.0. The molecule has 0 aliphatic carbocycles. The van der Waals surface area contributed by atoms with Gasteiger partial charge in [0.1, 0.15) is 0 Å². The number of carbonyl (C=O) groups excluding carboxylic acids is 1. The molecule has 0 radical (unpaired) electrons. The van der Waals surface area contributed by atoms with Crippen molar-refractivity contribution in [3.63, 3.8) is 0 Å². The Labute approximate surface area is 125 Å². The van der Waals surface area contributed by atoms with Crippen LogP contribution in [0.1, 0.15) is 19.8 Å². The van der Waals surface area contributed by atoms with Crippen molar-refractivity contribution in [1.29, 1.82) is 0 Å². The third-order valence-electron chi connectivity index (χ3n) is 4.04. The Bertz CT molecular complexity index is 371. The number of carboxylic acid groups (broad SMARTS) is 1. The van der Waals surface area contributed by atoms with Gasteiger partial charge in [0.05, 0.1) is 13.2 Å². The minimum Gasteiger partial charge on any atom is -0.481 e. The Morgan fingerprint density at radius 3 is 2.71 bits per heavy atom. The highest BCUT2D eigenvalue weighted by atomic mass is 16.5. The summed E-state index contributed by atoms with van der Waals surface area (Å²) in [6, 6.07) is -0.00206. The Hall–Kier alpha value is -1.34. The summed E-state index contributed by atoms with van der Waals surface area (Å²) in [5.41, 5.74) is 0. The number of urea groups is 1. The summed E-state index contributed by atoms with van der Waals surface area (Å²) in [4.78, 5) is 26.9. The minimum atomic E-state index is -0.789. The monoisotopic (exact) mass is 299 g/mol. The summed E-state index contributed by atoms with van der Waals surface area (Å²) in [5, 5.41) is 11.8. The fourth-order valence-electron chi connectivity index (χ4n) is 2.95. The second-order valence-corrected chi connectivity index (χ2v) is 5.96. The molecule has 2 rings (SSSR count). The molecule has 2 amide bonds. The highest BCUT2D eigenvalue weighted by molar-refractivity contribution is 5.75. The van der Waals surface area contributed by atoms with E-state index in [4.69, 9.17) is 9.84 Å². The van der Waals surface area contributed by atoms with E-state index in [0.717, 1.165) is 39.3 Å². The number of hydrogen-bond donors (Lipinski definition) is 2. The molecule has 7 nitrogen and oxygen atoms in total. The predicted molar refractivity (Wildman–Crippen MR) is 77.2 cm³/mol. The minimum absolute atomic E-state index is 0.0779. The highest BCUT2D eigenvalue weighted by Crippen LogP contribution is 2.19. The topological polar surface area (TPSA) is 82.1 Å². The van der Waals surface area contributed by atoms with Crippen LogP contribution in [0.4, 0.5) is 4.79 Å². The smallest absolute Gasteiger partial charge is 0.317 e. The molecule has 7 heteroatoms. The zero-order chi connectivity index (χ0) is 15.2. The maximum atomic E-state index is 12.2. The molecule has 2 unspecified atom stereocenters. The van der Waals surface area contributed by atoms with Gasteiger partial charge in [-0.15, -0.1) is 0 Å². The Morgan fingerprint density at radius 2 is 2.05 bits per heavy atom. The fourth-order valence-corrected chi connectivity index (χ4v) is 2.95. The van der Waals surface area contributed by atoms with Crippen molar-refractivity contribution in [3.05, 3.63) is 0 Å². The number of ether oxygens (including phenoxy) is 1. The lowest BCUT2D eigenvalue weighted by Crippen LogP contribution is -2.49. The first-order valence-corrected chi connectivity index (χ1v) is 7.62. The van der Waals surface area contributed by atoms with Crippen LogP contribution in [-0.4, -0.2) is 78.9 Å². The third-order valence-corrected chi connectivity index (χ3v) is 4.04. The van der Waals surface area contributed by atoms with Crippen molar-refractivity contribution < 1.29 is 19.4 Å². The predicted octanol–water partition coefficient (Wildman–Crippen LogP) is 0.213. The van der Waals surface area contributed by atoms with Crippen LogP contribution < -0.4 is 5.32 Å². The Kier molecular flexibility index (Phi) is 5.81. The van der Waals surface area contributed by atoms with E-state index in [9.17, 15) is 9.59 Å². The molecule has 0 aromatic rings. The van der Waals surface area contributed by atoms with Crippen LogP contribution in [0.15, 0.2) is 0 Å². The zero-order valence-corrected chi connectivity index (χ0v) is 12.6. The molecule has 0 spiro atoms. The van der Waals surface area contributed by atoms with Crippen molar-refractivity contribution in [2.75, 3.05) is 45.9 Å². The molecule has 0 aromatic heterocycles. The van der Waals surface area contributed by atoms with E-state index in [1.807, 2.05) is 6.92 Å². The van der Waals surface area contributed by atoms with Gasteiger partial charge in [-0.3, -0.25) is 9.69 Å². The quantitative estimate of drug-likeness (QED) is 0.758. The number of nitrogens with one attached hydrogen (secondary N) is 1. The van der Waals surface area contributed by atoms with Crippen LogP contribution >= 0.6 is 0 Å². The number of carbonyl (C=O) groups is 2. The van der Waals surface area contributed by atoms with E-state index in [-0.39, 0.29) is 24.4 Å². The molecule has 2 aliphatic rings. The zero-order valence-electron chi connectivity index (χ0n) is 12.6. The Balaban J connectivity index is 1.70. The van der Waals surface area contributed by atoms with Crippen molar-refractivity contribution in [2.24, 2.45) is 5.92 Å². The molecule has 2 N–H and O–H groups in total. The molecule has 2 heterocycles. The van der Waals surface area contributed by atoms with E-state index >= 15 is 0 Å². The summed E-state index contributed by atoms with van der Waals surface area (Å²) in [5.74, 6) is -0.703. The van der Waals surface area contributed by atoms with Gasteiger partial charge in [-0.1, -0.05) is 0 Å². The third kappa shape index (κ3) is 5.17. The average molecular weight is 299 g/mol. The lowest BCUT2D eigenvalue weighted by molar-refractivity contribution is -0.138. The maximum absolute atomic E-state index is 12.2. The fraction of sp³-hybridized carbons (Fsp3) is 0.857. The standard InChI is InChI=1S/C14H25N3O4/c1-11(9-16-4-6-21-7-5-16)15-14(20)17-3-2-12(10-17)8-13(18)19/h11-12H,2-10H2,1H3,(H,15,20)(H,18,19). The summed E-state index contributed by atoms with van der Waals surface area (Å²) >= 11 is 0. The second-order valence-electron chi connectivity index (χ2n) is 5.96. The van der Waals surface area contributed by atoms with Gasteiger partial charge < -0.3 is 20.1 Å². The highest BCUT2D eigenvalue weighted by Gasteiger charge is 2.28. The number of nitrogens with zero attached hydrogens (tertiary/aromatic N) is 2. The van der Waals surface area contributed by atoms with Crippen molar-refractivity contribution >= 4 is 12.0 Å². The normalized spacial score (nSPS) is 24.8. The SMILES string of the molecule is CC(CN1CCOCC1)NC(=O)N1CCC(CC(=O)O)C1. The van der Waals surface area contributed by atoms with E-state index < -0.39 is 5.97 Å². The molecule has 2 saturated heterocycles. The van der Waals surface area contributed by atoms with E-state index in [1.165, 1.54) is 0 Å². The first-order chi connectivity index (χ1) is 10.0. The molecule has 2 aliphatic heterocycles. The number of morpholine rings is 1. The number of aliphatic carboxylic acids is 1. The van der Waals surface area contributed by atoms with Gasteiger partial charge in [0.2, 0.25) is 0 Å². The molecular formula is C14H25N3O4. The summed E-state index contributed by atoms with van der Waals surface area (Å²) in [6.45, 7) is 7.33. The lowest BCUT2D eigenvalue weighted by Gasteiger charge is -2.30. The van der Waals surface area contributed by atoms with Crippen LogP contribution in [-0.2, 0) is 9.53 Å². The van der Waals surface area contributed by atoms with Crippen LogP contribution in [0.25, 0.3) is 0 Å². The molecule has 2 fully saturated rings. The molecular weight excluding hydrogens is 274 g/mol. The molecule has 0 bridgehead atoms. The number of likely N-dealkylation sites (tertiary alicyclic amines) is 1. The summed E-state index contributed by atoms with van der Waals surface area (Å²) in [7, 11) is 0. The van der Waals surface area contributed by atoms with Crippen molar-refractivity contribution in [1.82, 2.24) is 15.1 Å². The number of amides is 2. The van der Waals surface area contributed by atoms with Gasteiger partial charge >= 0.3 is 12.0 Å². The van der Waals surface area contributed by atoms with Crippen LogP contribution in [0.2, 0.25) is 0 Å². The average Bonchev–Trinajstić information content (AvgIpc) is 2.87. The van der Waals surface area contributed by atoms with Gasteiger partial charge in [0.15, 0.2) is 0 Å². The van der Waals surface area contributed by atoms with Crippen LogP contribution in [0, 0.1) is 5.92 Å². The van der Waals surface area contributed by atoms with Crippen molar-refractivity contribution in [3.8, 4) is 0 Å². The summed E-state index contributed by atoms with van der Waals surface area (Å²) < 4.78 is 5.30. The molecule has 21 heavy (non-hydrogen) atoms. The summed E-state index contributed by atoms with van der Waals surface area (Å²) in [6.07, 6.45) is 0.921. The largest absolute Gasteiger partial charge is 0.481 e. The van der Waals surface area contributed by atoms with Gasteiger partial charge in [0.25, 0.3) is 0 Å². The van der Waals surface area contributed by atoms with Crippen LogP contribution in [0.5, 0.6) is 0 Å². The first-order valence-electron chi connectivity index (χ1n) is 7.62. The number of rotatable bonds is 5. The number of carboxylic acids is 1. The van der Waals surface area contributed by atoms with Gasteiger partial charge in [-0.05, 0) is 19.3 Å². The van der Waals surface area contributed by atoms with E-state index in [1.54, 1.807) is 4.90 Å². The molecule has 120 valence electrons. The van der Waals surface area contributed by atoms with Crippen LogP contribution in [0.3, 0.4) is 0 Å². The number of hydrogen-bond acceptors (Lipinski definition) is 4. The molecule has 0 aromatic carbocycles. The van der Waals surface area contributed by atoms with E-state index in [0.29, 0.717) is 13.1 Å². The van der Waals surface area contributed by atoms with Gasteiger partial charge in [-0.25, -0.2) is 4.79 Å². The Morgan fingerprint density at radius 1 is 1.33 bits per heavy atom. The maximum Gasteiger partial charge on any atom is 0.317 e.